The molecule has 0 saturated heterocycles. The van der Waals surface area contributed by atoms with Gasteiger partial charge >= 0.3 is 6.09 Å². The zero-order valence-electron chi connectivity index (χ0n) is 13.8. The second kappa shape index (κ2) is 7.44. The van der Waals surface area contributed by atoms with Crippen LogP contribution in [0.2, 0.25) is 0 Å². The molecule has 2 heterocycles. The predicted octanol–water partition coefficient (Wildman–Crippen LogP) is 4.79. The number of carbonyl (C=O) groups excluding carboxylic acids is 1. The van der Waals surface area contributed by atoms with Gasteiger partial charge in [-0.1, -0.05) is 11.3 Å². The smallest absolute Gasteiger partial charge is 0.388 e. The van der Waals surface area contributed by atoms with E-state index in [0.29, 0.717) is 10.7 Å². The van der Waals surface area contributed by atoms with Crippen LogP contribution in [0.15, 0.2) is 36.5 Å². The average molecular weight is 376 g/mol. The summed E-state index contributed by atoms with van der Waals surface area (Å²) in [6.07, 6.45) is 0.793. The lowest BCUT2D eigenvalue weighted by atomic mass is 10.3. The highest BCUT2D eigenvalue weighted by atomic mass is 32.1. The summed E-state index contributed by atoms with van der Waals surface area (Å²) in [7, 11) is 0. The summed E-state index contributed by atoms with van der Waals surface area (Å²) < 4.78 is 32.3. The molecule has 0 bridgehead atoms. The topological polar surface area (TPSA) is 76.1 Å². The maximum Gasteiger partial charge on any atom is 0.418 e. The van der Waals surface area contributed by atoms with Crippen LogP contribution in [-0.2, 0) is 0 Å². The molecule has 0 aliphatic carbocycles. The number of pyridine rings is 1. The third-order valence-corrected chi connectivity index (χ3v) is 4.08. The van der Waals surface area contributed by atoms with Gasteiger partial charge in [0.25, 0.3) is 5.88 Å². The van der Waals surface area contributed by atoms with Crippen molar-refractivity contribution in [3.8, 4) is 5.88 Å². The molecule has 0 spiro atoms. The fourth-order valence-corrected chi connectivity index (χ4v) is 2.89. The Morgan fingerprint density at radius 1 is 1.19 bits per heavy atom. The second-order valence-electron chi connectivity index (χ2n) is 5.32. The zero-order chi connectivity index (χ0) is 18.7. The molecule has 0 radical (unpaired) electrons. The number of aryl methyl sites for hydroxylation is 2. The van der Waals surface area contributed by atoms with Gasteiger partial charge in [-0.2, -0.15) is 0 Å². The molecule has 3 aromatic rings. The minimum atomic E-state index is -0.760. The number of halogens is 2. The summed E-state index contributed by atoms with van der Waals surface area (Å²) in [5.41, 5.74) is 1.17. The van der Waals surface area contributed by atoms with E-state index in [-0.39, 0.29) is 16.6 Å². The van der Waals surface area contributed by atoms with Crippen molar-refractivity contribution in [3.63, 3.8) is 0 Å². The molecule has 134 valence electrons. The van der Waals surface area contributed by atoms with Crippen LogP contribution in [-0.4, -0.2) is 16.1 Å². The predicted molar refractivity (Wildman–Crippen MR) is 95.1 cm³/mol. The van der Waals surface area contributed by atoms with Crippen molar-refractivity contribution in [2.45, 2.75) is 13.8 Å². The third kappa shape index (κ3) is 4.31. The van der Waals surface area contributed by atoms with Crippen molar-refractivity contribution >= 4 is 33.8 Å². The molecule has 3 rings (SSSR count). The van der Waals surface area contributed by atoms with Crippen molar-refractivity contribution in [1.29, 1.82) is 0 Å². The van der Waals surface area contributed by atoms with Crippen LogP contribution >= 0.6 is 11.3 Å². The van der Waals surface area contributed by atoms with Crippen LogP contribution in [0.5, 0.6) is 5.88 Å². The SMILES string of the molecule is Cc1cc(NC(=O)Oc2nc(C)sc2Nc2cc(F)ccc2F)ccn1. The molecule has 1 amide bonds. The molecular weight excluding hydrogens is 362 g/mol. The van der Waals surface area contributed by atoms with E-state index in [1.54, 1.807) is 32.2 Å². The second-order valence-corrected chi connectivity index (χ2v) is 6.52. The summed E-state index contributed by atoms with van der Waals surface area (Å²) in [5.74, 6) is -1.26. The highest BCUT2D eigenvalue weighted by Gasteiger charge is 2.17. The molecule has 26 heavy (non-hydrogen) atoms. The first-order valence-electron chi connectivity index (χ1n) is 7.51. The van der Waals surface area contributed by atoms with Crippen molar-refractivity contribution in [2.75, 3.05) is 10.6 Å². The van der Waals surface area contributed by atoms with Crippen LogP contribution in [0.3, 0.4) is 0 Å². The van der Waals surface area contributed by atoms with Crippen LogP contribution in [0, 0.1) is 25.5 Å². The first kappa shape index (κ1) is 17.7. The number of aromatic nitrogens is 2. The molecule has 0 aliphatic heterocycles. The summed E-state index contributed by atoms with van der Waals surface area (Å²) in [5, 5.41) is 6.14. The number of ether oxygens (including phenoxy) is 1. The van der Waals surface area contributed by atoms with Crippen LogP contribution in [0.1, 0.15) is 10.7 Å². The van der Waals surface area contributed by atoms with Gasteiger partial charge in [-0.25, -0.2) is 18.6 Å². The molecule has 1 aromatic carbocycles. The van der Waals surface area contributed by atoms with Crippen molar-refractivity contribution < 1.29 is 18.3 Å². The average Bonchev–Trinajstić information content (AvgIpc) is 2.90. The number of carbonyl (C=O) groups is 1. The third-order valence-electron chi connectivity index (χ3n) is 3.21. The van der Waals surface area contributed by atoms with Crippen LogP contribution in [0.25, 0.3) is 0 Å². The summed E-state index contributed by atoms with van der Waals surface area (Å²) >= 11 is 1.15. The highest BCUT2D eigenvalue weighted by Crippen LogP contribution is 2.34. The number of thiazole rings is 1. The Morgan fingerprint density at radius 3 is 2.77 bits per heavy atom. The lowest BCUT2D eigenvalue weighted by Gasteiger charge is -2.09. The Bertz CT molecular complexity index is 962. The van der Waals surface area contributed by atoms with E-state index in [1.165, 1.54) is 0 Å². The Morgan fingerprint density at radius 2 is 2.00 bits per heavy atom. The molecule has 9 heteroatoms. The van der Waals surface area contributed by atoms with Gasteiger partial charge in [-0.05, 0) is 38.1 Å². The maximum atomic E-state index is 13.8. The van der Waals surface area contributed by atoms with E-state index >= 15 is 0 Å². The Balaban J connectivity index is 1.76. The number of nitrogens with zero attached hydrogens (tertiary/aromatic N) is 2. The molecular formula is C17H14F2N4O2S. The number of hydrogen-bond acceptors (Lipinski definition) is 6. The minimum Gasteiger partial charge on any atom is -0.388 e. The van der Waals surface area contributed by atoms with Gasteiger partial charge in [0.15, 0.2) is 5.00 Å². The maximum absolute atomic E-state index is 13.8. The zero-order valence-corrected chi connectivity index (χ0v) is 14.7. The fourth-order valence-electron chi connectivity index (χ4n) is 2.13. The lowest BCUT2D eigenvalue weighted by Crippen LogP contribution is -2.17. The van der Waals surface area contributed by atoms with E-state index in [0.717, 1.165) is 35.2 Å². The first-order chi connectivity index (χ1) is 12.4. The monoisotopic (exact) mass is 376 g/mol. The van der Waals surface area contributed by atoms with Gasteiger partial charge in [0.1, 0.15) is 11.6 Å². The first-order valence-corrected chi connectivity index (χ1v) is 8.33. The Hall–Kier alpha value is -3.07. The fraction of sp³-hybridized carbons (Fsp3) is 0.118. The van der Waals surface area contributed by atoms with Gasteiger partial charge in [0, 0.05) is 23.6 Å². The van der Waals surface area contributed by atoms with Crippen molar-refractivity contribution in [2.24, 2.45) is 0 Å². The molecule has 6 nitrogen and oxygen atoms in total. The quantitative estimate of drug-likeness (QED) is 0.685. The van der Waals surface area contributed by atoms with E-state index < -0.39 is 17.7 Å². The highest BCUT2D eigenvalue weighted by molar-refractivity contribution is 7.16. The minimum absolute atomic E-state index is 0.0283. The largest absolute Gasteiger partial charge is 0.418 e. The molecule has 0 saturated carbocycles. The molecule has 0 unspecified atom stereocenters. The van der Waals surface area contributed by atoms with E-state index in [9.17, 15) is 13.6 Å². The van der Waals surface area contributed by atoms with E-state index in [1.807, 2.05) is 0 Å². The molecule has 2 aromatic heterocycles. The standard InChI is InChI=1S/C17H14F2N4O2S/c1-9-7-12(5-6-20-9)22-17(24)25-15-16(26-10(2)21-15)23-14-8-11(18)3-4-13(14)19/h3-8,23H,1-2H3,(H,20,22,24). The molecule has 2 N–H and O–H groups in total. The van der Waals surface area contributed by atoms with Gasteiger partial charge in [-0.3, -0.25) is 10.3 Å². The normalized spacial score (nSPS) is 10.5. The number of amides is 1. The number of benzene rings is 1. The molecule has 0 atom stereocenters. The Labute approximate surface area is 151 Å². The summed E-state index contributed by atoms with van der Waals surface area (Å²) in [6, 6.07) is 6.31. The molecule has 0 aliphatic rings. The van der Waals surface area contributed by atoms with E-state index in [4.69, 9.17) is 4.74 Å². The van der Waals surface area contributed by atoms with Gasteiger partial charge in [0.05, 0.1) is 10.7 Å². The number of nitrogens with one attached hydrogen (secondary N) is 2. The molecule has 0 fully saturated rings. The number of hydrogen-bond donors (Lipinski definition) is 2. The van der Waals surface area contributed by atoms with Gasteiger partial charge < -0.3 is 10.1 Å². The summed E-state index contributed by atoms with van der Waals surface area (Å²) in [6.45, 7) is 3.49. The van der Waals surface area contributed by atoms with Crippen LogP contribution in [0.4, 0.5) is 30.0 Å². The van der Waals surface area contributed by atoms with Gasteiger partial charge in [0.2, 0.25) is 0 Å². The lowest BCUT2D eigenvalue weighted by molar-refractivity contribution is 0.214. The number of anilines is 3. The van der Waals surface area contributed by atoms with Gasteiger partial charge in [-0.15, -0.1) is 0 Å². The van der Waals surface area contributed by atoms with E-state index in [2.05, 4.69) is 20.6 Å². The number of rotatable bonds is 4. The Kier molecular flexibility index (Phi) is 5.08. The summed E-state index contributed by atoms with van der Waals surface area (Å²) in [4.78, 5) is 20.2. The van der Waals surface area contributed by atoms with Crippen molar-refractivity contribution in [3.05, 3.63) is 58.9 Å². The van der Waals surface area contributed by atoms with Crippen LogP contribution < -0.4 is 15.4 Å². The van der Waals surface area contributed by atoms with Crippen molar-refractivity contribution in [1.82, 2.24) is 9.97 Å².